The molecule has 1 atom stereocenters. The smallest absolute Gasteiger partial charge is 0.168 e. The molecule has 1 saturated heterocycles. The lowest BCUT2D eigenvalue weighted by atomic mass is 9.98. The van der Waals surface area contributed by atoms with Crippen molar-refractivity contribution in [3.8, 4) is 5.75 Å². The predicted octanol–water partition coefficient (Wildman–Crippen LogP) is 0.708. The second-order valence-electron chi connectivity index (χ2n) is 4.08. The van der Waals surface area contributed by atoms with E-state index in [0.29, 0.717) is 17.7 Å². The number of methoxy groups -OCH3 is 1. The Labute approximate surface area is 99.7 Å². The molecule has 0 radical (unpaired) electrons. The van der Waals surface area contributed by atoms with Gasteiger partial charge in [0, 0.05) is 17.7 Å². The molecule has 2 rings (SSSR count). The first-order valence-electron chi connectivity index (χ1n) is 5.25. The van der Waals surface area contributed by atoms with Crippen LogP contribution in [-0.4, -0.2) is 37.8 Å². The molecule has 1 aromatic rings. The second kappa shape index (κ2) is 4.44. The summed E-state index contributed by atoms with van der Waals surface area (Å²) in [7, 11) is -1.55. The van der Waals surface area contributed by atoms with Gasteiger partial charge in [0.15, 0.2) is 15.6 Å². The lowest BCUT2D eigenvalue weighted by Crippen LogP contribution is -2.16. The van der Waals surface area contributed by atoms with Crippen LogP contribution in [0.15, 0.2) is 18.5 Å². The van der Waals surface area contributed by atoms with Gasteiger partial charge in [0.05, 0.1) is 24.8 Å². The highest BCUT2D eigenvalue weighted by Gasteiger charge is 2.33. The zero-order chi connectivity index (χ0) is 12.5. The lowest BCUT2D eigenvalue weighted by Gasteiger charge is -2.07. The molecule has 0 amide bonds. The van der Waals surface area contributed by atoms with E-state index in [-0.39, 0.29) is 17.3 Å². The molecule has 0 aromatic carbocycles. The summed E-state index contributed by atoms with van der Waals surface area (Å²) in [6.45, 7) is 0. The van der Waals surface area contributed by atoms with E-state index in [1.807, 2.05) is 0 Å². The van der Waals surface area contributed by atoms with Crippen LogP contribution < -0.4 is 4.74 Å². The number of ether oxygens (including phenoxy) is 1. The molecule has 1 aliphatic rings. The normalized spacial score (nSPS) is 22.3. The van der Waals surface area contributed by atoms with Gasteiger partial charge in [-0.25, -0.2) is 8.42 Å². The number of sulfone groups is 1. The van der Waals surface area contributed by atoms with E-state index in [1.165, 1.54) is 19.5 Å². The third kappa shape index (κ3) is 2.63. The van der Waals surface area contributed by atoms with E-state index in [1.54, 1.807) is 6.07 Å². The molecular formula is C11H13NO4S. The first-order valence-corrected chi connectivity index (χ1v) is 7.07. The van der Waals surface area contributed by atoms with Crippen LogP contribution in [0.1, 0.15) is 16.8 Å². The molecule has 1 unspecified atom stereocenters. The number of hydrogen-bond acceptors (Lipinski definition) is 5. The summed E-state index contributed by atoms with van der Waals surface area (Å²) in [5.41, 5.74) is 0.409. The standard InChI is InChI=1S/C11H13NO4S/c1-16-10-4-9(5-12-6-10)11(13)8-2-3-17(14,15)7-8/h4-6,8H,2-3,7H2,1H3. The number of aromatic nitrogens is 1. The van der Waals surface area contributed by atoms with Crippen molar-refractivity contribution in [1.29, 1.82) is 0 Å². The molecule has 0 aliphatic carbocycles. The topological polar surface area (TPSA) is 73.3 Å². The van der Waals surface area contributed by atoms with E-state index in [0.717, 1.165) is 0 Å². The van der Waals surface area contributed by atoms with Crippen LogP contribution in [0.3, 0.4) is 0 Å². The van der Waals surface area contributed by atoms with E-state index < -0.39 is 15.8 Å². The van der Waals surface area contributed by atoms with Gasteiger partial charge in [0.25, 0.3) is 0 Å². The molecule has 92 valence electrons. The Morgan fingerprint density at radius 1 is 1.47 bits per heavy atom. The van der Waals surface area contributed by atoms with Gasteiger partial charge in [-0.2, -0.15) is 0 Å². The molecule has 1 fully saturated rings. The molecule has 1 aromatic heterocycles. The Bertz CT molecular complexity index is 538. The van der Waals surface area contributed by atoms with Crippen LogP contribution in [0.4, 0.5) is 0 Å². The van der Waals surface area contributed by atoms with Crippen molar-refractivity contribution in [2.75, 3.05) is 18.6 Å². The minimum Gasteiger partial charge on any atom is -0.495 e. The monoisotopic (exact) mass is 255 g/mol. The van der Waals surface area contributed by atoms with Gasteiger partial charge in [-0.05, 0) is 12.5 Å². The molecule has 2 heterocycles. The summed E-state index contributed by atoms with van der Waals surface area (Å²) < 4.78 is 27.6. The summed E-state index contributed by atoms with van der Waals surface area (Å²) in [5.74, 6) is -0.0628. The van der Waals surface area contributed by atoms with Gasteiger partial charge in [-0.3, -0.25) is 9.78 Å². The van der Waals surface area contributed by atoms with Gasteiger partial charge < -0.3 is 4.74 Å². The number of carbonyl (C=O) groups excluding carboxylic acids is 1. The number of carbonyl (C=O) groups is 1. The minimum atomic E-state index is -3.04. The molecule has 0 N–H and O–H groups in total. The Kier molecular flexibility index (Phi) is 3.15. The Morgan fingerprint density at radius 2 is 2.24 bits per heavy atom. The van der Waals surface area contributed by atoms with E-state index in [2.05, 4.69) is 4.98 Å². The molecule has 5 nitrogen and oxygen atoms in total. The number of Topliss-reactive ketones (excluding diaryl/α,β-unsaturated/α-hetero) is 1. The first-order chi connectivity index (χ1) is 8.02. The molecule has 17 heavy (non-hydrogen) atoms. The average Bonchev–Trinajstić information content (AvgIpc) is 2.69. The van der Waals surface area contributed by atoms with E-state index >= 15 is 0 Å². The maximum absolute atomic E-state index is 12.0. The zero-order valence-electron chi connectivity index (χ0n) is 9.42. The minimum absolute atomic E-state index is 0.0525. The predicted molar refractivity (Wildman–Crippen MR) is 61.9 cm³/mol. The maximum Gasteiger partial charge on any atom is 0.168 e. The largest absolute Gasteiger partial charge is 0.495 e. The SMILES string of the molecule is COc1cncc(C(=O)C2CCS(=O)(=O)C2)c1. The van der Waals surface area contributed by atoms with Gasteiger partial charge >= 0.3 is 0 Å². The number of ketones is 1. The summed E-state index contributed by atoms with van der Waals surface area (Å²) in [6.07, 6.45) is 3.34. The Hall–Kier alpha value is -1.43. The van der Waals surface area contributed by atoms with Crippen molar-refractivity contribution in [3.05, 3.63) is 24.0 Å². The summed E-state index contributed by atoms with van der Waals surface area (Å²) in [5, 5.41) is 0. The molecule has 0 spiro atoms. The van der Waals surface area contributed by atoms with Crippen LogP contribution in [0.5, 0.6) is 5.75 Å². The molecular weight excluding hydrogens is 242 g/mol. The third-order valence-corrected chi connectivity index (χ3v) is 4.60. The number of hydrogen-bond donors (Lipinski definition) is 0. The lowest BCUT2D eigenvalue weighted by molar-refractivity contribution is 0.0932. The fourth-order valence-corrected chi connectivity index (χ4v) is 3.64. The maximum atomic E-state index is 12.0. The fraction of sp³-hybridized carbons (Fsp3) is 0.455. The highest BCUT2D eigenvalue weighted by atomic mass is 32.2. The first kappa shape index (κ1) is 12.0. The van der Waals surface area contributed by atoms with Crippen molar-refractivity contribution in [1.82, 2.24) is 4.98 Å². The zero-order valence-corrected chi connectivity index (χ0v) is 10.2. The summed E-state index contributed by atoms with van der Waals surface area (Å²) in [6, 6.07) is 1.58. The molecule has 1 aliphatic heterocycles. The van der Waals surface area contributed by atoms with Crippen molar-refractivity contribution in [3.63, 3.8) is 0 Å². The summed E-state index contributed by atoms with van der Waals surface area (Å²) >= 11 is 0. The van der Waals surface area contributed by atoms with Gasteiger partial charge in [0.1, 0.15) is 5.75 Å². The van der Waals surface area contributed by atoms with Crippen molar-refractivity contribution < 1.29 is 17.9 Å². The van der Waals surface area contributed by atoms with E-state index in [4.69, 9.17) is 4.74 Å². The molecule has 6 heteroatoms. The van der Waals surface area contributed by atoms with Crippen LogP contribution in [0.25, 0.3) is 0 Å². The average molecular weight is 255 g/mol. The second-order valence-corrected chi connectivity index (χ2v) is 6.31. The number of pyridine rings is 1. The third-order valence-electron chi connectivity index (χ3n) is 2.84. The number of rotatable bonds is 3. The van der Waals surface area contributed by atoms with Gasteiger partial charge in [0.2, 0.25) is 0 Å². The quantitative estimate of drug-likeness (QED) is 0.744. The van der Waals surface area contributed by atoms with Gasteiger partial charge in [-0.15, -0.1) is 0 Å². The van der Waals surface area contributed by atoms with Crippen molar-refractivity contribution in [2.45, 2.75) is 6.42 Å². The van der Waals surface area contributed by atoms with E-state index in [9.17, 15) is 13.2 Å². The Morgan fingerprint density at radius 3 is 2.82 bits per heavy atom. The summed E-state index contributed by atoms with van der Waals surface area (Å²) in [4.78, 5) is 15.9. The van der Waals surface area contributed by atoms with Crippen LogP contribution in [-0.2, 0) is 9.84 Å². The molecule has 0 bridgehead atoms. The van der Waals surface area contributed by atoms with Crippen LogP contribution >= 0.6 is 0 Å². The van der Waals surface area contributed by atoms with Crippen molar-refractivity contribution in [2.24, 2.45) is 5.92 Å². The Balaban J connectivity index is 2.20. The van der Waals surface area contributed by atoms with Crippen LogP contribution in [0.2, 0.25) is 0 Å². The highest BCUT2D eigenvalue weighted by molar-refractivity contribution is 7.91. The van der Waals surface area contributed by atoms with Gasteiger partial charge in [-0.1, -0.05) is 0 Å². The number of nitrogens with zero attached hydrogens (tertiary/aromatic N) is 1. The fourth-order valence-electron chi connectivity index (χ4n) is 1.90. The highest BCUT2D eigenvalue weighted by Crippen LogP contribution is 2.23. The van der Waals surface area contributed by atoms with Crippen LogP contribution in [0, 0.1) is 5.92 Å². The molecule has 0 saturated carbocycles. The van der Waals surface area contributed by atoms with Crippen molar-refractivity contribution >= 4 is 15.6 Å².